The molecule has 2 aliphatic rings. The van der Waals surface area contributed by atoms with E-state index in [1.165, 1.54) is 57.9 Å². The normalized spacial score (nSPS) is 39.2. The largest absolute Gasteiger partial charge is 0.381 e. The molecule has 2 fully saturated rings. The molecule has 0 aromatic heterocycles. The van der Waals surface area contributed by atoms with Crippen LogP contribution in [0.3, 0.4) is 0 Å². The van der Waals surface area contributed by atoms with Crippen molar-refractivity contribution in [1.82, 2.24) is 5.32 Å². The number of nitrogens with one attached hydrogen (secondary N) is 1. The van der Waals surface area contributed by atoms with Crippen molar-refractivity contribution in [3.05, 3.63) is 0 Å². The van der Waals surface area contributed by atoms with Crippen LogP contribution in [0.2, 0.25) is 0 Å². The van der Waals surface area contributed by atoms with Crippen molar-refractivity contribution in [1.29, 1.82) is 0 Å². The fourth-order valence-corrected chi connectivity index (χ4v) is 3.37. The molecule has 2 saturated carbocycles. The van der Waals surface area contributed by atoms with Gasteiger partial charge in [0.25, 0.3) is 0 Å². The third kappa shape index (κ3) is 4.26. The van der Waals surface area contributed by atoms with Gasteiger partial charge in [-0.25, -0.2) is 0 Å². The monoisotopic (exact) mass is 239 g/mol. The highest BCUT2D eigenvalue weighted by Gasteiger charge is 2.22. The molecular weight excluding hydrogens is 210 g/mol. The van der Waals surface area contributed by atoms with Crippen molar-refractivity contribution >= 4 is 0 Å². The van der Waals surface area contributed by atoms with Crippen LogP contribution in [0, 0.1) is 11.8 Å². The van der Waals surface area contributed by atoms with Gasteiger partial charge in [0.2, 0.25) is 0 Å². The summed E-state index contributed by atoms with van der Waals surface area (Å²) in [6.07, 6.45) is 11.4. The molecule has 100 valence electrons. The summed E-state index contributed by atoms with van der Waals surface area (Å²) in [5, 5.41) is 3.80. The van der Waals surface area contributed by atoms with Gasteiger partial charge < -0.3 is 10.1 Å². The molecule has 0 atom stereocenters. The molecule has 0 radical (unpaired) electrons. The Balaban J connectivity index is 1.59. The van der Waals surface area contributed by atoms with E-state index in [1.807, 2.05) is 7.11 Å². The number of hydrogen-bond acceptors (Lipinski definition) is 2. The third-order valence-electron chi connectivity index (χ3n) is 4.84. The zero-order chi connectivity index (χ0) is 12.1. The number of methoxy groups -OCH3 is 1. The molecule has 0 aromatic rings. The minimum atomic E-state index is 0.531. The predicted octanol–water partition coefficient (Wildman–Crippen LogP) is 3.36. The smallest absolute Gasteiger partial charge is 0.0572 e. The van der Waals surface area contributed by atoms with Gasteiger partial charge >= 0.3 is 0 Å². The van der Waals surface area contributed by atoms with Gasteiger partial charge in [-0.2, -0.15) is 0 Å². The summed E-state index contributed by atoms with van der Waals surface area (Å²) in [6.45, 7) is 3.66. The Morgan fingerprint density at radius 1 is 0.941 bits per heavy atom. The summed E-state index contributed by atoms with van der Waals surface area (Å²) in [6, 6.07) is 0.765. The van der Waals surface area contributed by atoms with Crippen LogP contribution in [-0.4, -0.2) is 25.8 Å². The van der Waals surface area contributed by atoms with E-state index in [4.69, 9.17) is 4.74 Å². The Hall–Kier alpha value is -0.0800. The minimum absolute atomic E-state index is 0.531. The van der Waals surface area contributed by atoms with E-state index >= 15 is 0 Å². The van der Waals surface area contributed by atoms with Crippen LogP contribution >= 0.6 is 0 Å². The summed E-state index contributed by atoms with van der Waals surface area (Å²) in [5.74, 6) is 1.93. The SMILES string of the molecule is COC1CCC(NCC2CCC(C)CC2)CC1. The van der Waals surface area contributed by atoms with Crippen LogP contribution in [0.15, 0.2) is 0 Å². The van der Waals surface area contributed by atoms with Gasteiger partial charge in [-0.3, -0.25) is 0 Å². The fourth-order valence-electron chi connectivity index (χ4n) is 3.37. The van der Waals surface area contributed by atoms with Crippen LogP contribution in [0.4, 0.5) is 0 Å². The molecule has 1 N–H and O–H groups in total. The first-order valence-corrected chi connectivity index (χ1v) is 7.54. The van der Waals surface area contributed by atoms with E-state index in [1.54, 1.807) is 0 Å². The zero-order valence-corrected chi connectivity index (χ0v) is 11.6. The highest BCUT2D eigenvalue weighted by molar-refractivity contribution is 4.79. The van der Waals surface area contributed by atoms with Crippen molar-refractivity contribution in [2.45, 2.75) is 70.4 Å². The molecule has 17 heavy (non-hydrogen) atoms. The van der Waals surface area contributed by atoms with Gasteiger partial charge in [0, 0.05) is 13.2 Å². The lowest BCUT2D eigenvalue weighted by Crippen LogP contribution is -2.38. The minimum Gasteiger partial charge on any atom is -0.381 e. The van der Waals surface area contributed by atoms with Gasteiger partial charge in [0.1, 0.15) is 0 Å². The summed E-state index contributed by atoms with van der Waals surface area (Å²) >= 11 is 0. The highest BCUT2D eigenvalue weighted by Crippen LogP contribution is 2.28. The average molecular weight is 239 g/mol. The maximum absolute atomic E-state index is 5.42. The van der Waals surface area contributed by atoms with Crippen molar-refractivity contribution in [3.8, 4) is 0 Å². The molecule has 2 rings (SSSR count). The quantitative estimate of drug-likeness (QED) is 0.812. The van der Waals surface area contributed by atoms with Gasteiger partial charge in [-0.15, -0.1) is 0 Å². The molecule has 0 heterocycles. The van der Waals surface area contributed by atoms with E-state index in [0.717, 1.165) is 17.9 Å². The van der Waals surface area contributed by atoms with E-state index < -0.39 is 0 Å². The van der Waals surface area contributed by atoms with Crippen molar-refractivity contribution in [2.75, 3.05) is 13.7 Å². The highest BCUT2D eigenvalue weighted by atomic mass is 16.5. The van der Waals surface area contributed by atoms with Crippen molar-refractivity contribution in [3.63, 3.8) is 0 Å². The average Bonchev–Trinajstić information content (AvgIpc) is 2.39. The maximum Gasteiger partial charge on any atom is 0.0572 e. The second kappa shape index (κ2) is 6.75. The van der Waals surface area contributed by atoms with E-state index in [2.05, 4.69) is 12.2 Å². The van der Waals surface area contributed by atoms with Crippen LogP contribution in [-0.2, 0) is 4.74 Å². The van der Waals surface area contributed by atoms with Gasteiger partial charge in [-0.1, -0.05) is 19.8 Å². The predicted molar refractivity (Wildman–Crippen MR) is 72.2 cm³/mol. The molecule has 0 unspecified atom stereocenters. The molecular formula is C15H29NO. The van der Waals surface area contributed by atoms with Gasteiger partial charge in [-0.05, 0) is 56.9 Å². The third-order valence-corrected chi connectivity index (χ3v) is 4.84. The molecule has 0 saturated heterocycles. The topological polar surface area (TPSA) is 21.3 Å². The fraction of sp³-hybridized carbons (Fsp3) is 1.00. The second-order valence-corrected chi connectivity index (χ2v) is 6.24. The Kier molecular flexibility index (Phi) is 5.30. The van der Waals surface area contributed by atoms with Crippen LogP contribution < -0.4 is 5.32 Å². The number of ether oxygens (including phenoxy) is 1. The molecule has 2 nitrogen and oxygen atoms in total. The summed E-state index contributed by atoms with van der Waals surface area (Å²) in [4.78, 5) is 0. The van der Waals surface area contributed by atoms with E-state index in [0.29, 0.717) is 6.10 Å². The molecule has 2 heteroatoms. The maximum atomic E-state index is 5.42. The van der Waals surface area contributed by atoms with Crippen molar-refractivity contribution in [2.24, 2.45) is 11.8 Å². The number of hydrogen-bond donors (Lipinski definition) is 1. The summed E-state index contributed by atoms with van der Waals surface area (Å²) < 4.78 is 5.42. The first-order valence-electron chi connectivity index (χ1n) is 7.54. The Morgan fingerprint density at radius 2 is 1.59 bits per heavy atom. The number of rotatable bonds is 4. The van der Waals surface area contributed by atoms with Gasteiger partial charge in [0.05, 0.1) is 6.10 Å². The molecule has 2 aliphatic carbocycles. The lowest BCUT2D eigenvalue weighted by atomic mass is 9.82. The Morgan fingerprint density at radius 3 is 2.18 bits per heavy atom. The molecule has 0 spiro atoms. The Bertz CT molecular complexity index is 203. The second-order valence-electron chi connectivity index (χ2n) is 6.24. The van der Waals surface area contributed by atoms with Gasteiger partial charge in [0.15, 0.2) is 0 Å². The van der Waals surface area contributed by atoms with Crippen LogP contribution in [0.1, 0.15) is 58.3 Å². The Labute approximate surface area is 107 Å². The van der Waals surface area contributed by atoms with E-state index in [9.17, 15) is 0 Å². The van der Waals surface area contributed by atoms with E-state index in [-0.39, 0.29) is 0 Å². The lowest BCUT2D eigenvalue weighted by molar-refractivity contribution is 0.0617. The standard InChI is InChI=1S/C15H29NO/c1-12-3-5-13(6-4-12)11-16-14-7-9-15(17-2)10-8-14/h12-16H,3-11H2,1-2H3. The molecule has 0 amide bonds. The zero-order valence-electron chi connectivity index (χ0n) is 11.6. The van der Waals surface area contributed by atoms with Crippen LogP contribution in [0.25, 0.3) is 0 Å². The van der Waals surface area contributed by atoms with Crippen LogP contribution in [0.5, 0.6) is 0 Å². The van der Waals surface area contributed by atoms with Crippen molar-refractivity contribution < 1.29 is 4.74 Å². The lowest BCUT2D eigenvalue weighted by Gasteiger charge is -2.31. The molecule has 0 bridgehead atoms. The first-order chi connectivity index (χ1) is 8.28. The molecule has 0 aromatic carbocycles. The molecule has 0 aliphatic heterocycles. The summed E-state index contributed by atoms with van der Waals surface area (Å²) in [5.41, 5.74) is 0. The first kappa shape index (κ1) is 13.4. The summed E-state index contributed by atoms with van der Waals surface area (Å²) in [7, 11) is 1.85.